The molecule has 6 nitrogen and oxygen atoms in total. The number of ether oxygens (including phenoxy) is 1. The van der Waals surface area contributed by atoms with E-state index in [9.17, 15) is 13.2 Å². The minimum atomic E-state index is -4.01. The molecule has 0 saturated heterocycles. The van der Waals surface area contributed by atoms with Gasteiger partial charge < -0.3 is 13.5 Å². The van der Waals surface area contributed by atoms with Gasteiger partial charge in [0.2, 0.25) is 5.78 Å². The summed E-state index contributed by atoms with van der Waals surface area (Å²) in [5.41, 5.74) is 2.72. The lowest BCUT2D eigenvalue weighted by molar-refractivity contribution is 0.101. The number of benzene rings is 3. The van der Waals surface area contributed by atoms with Crippen LogP contribution in [0, 0.1) is 6.92 Å². The van der Waals surface area contributed by atoms with E-state index in [0.29, 0.717) is 16.9 Å². The van der Waals surface area contributed by atoms with Gasteiger partial charge in [-0.3, -0.25) is 4.79 Å². The Hall–Kier alpha value is -3.84. The average molecular weight is 445 g/mol. The second-order valence-electron chi connectivity index (χ2n) is 7.57. The van der Waals surface area contributed by atoms with Gasteiger partial charge in [-0.25, -0.2) is 0 Å². The van der Waals surface area contributed by atoms with Gasteiger partial charge in [0.05, 0.1) is 5.56 Å². The molecule has 0 amide bonds. The normalized spacial score (nSPS) is 14.6. The number of rotatable bonds is 4. The number of Topliss-reactive ketones (excluding diaryl/α,β-unsaturated/α-hetero) is 1. The van der Waals surface area contributed by atoms with Crippen molar-refractivity contribution in [2.75, 3.05) is 0 Å². The van der Waals surface area contributed by atoms with Gasteiger partial charge in [-0.15, -0.1) is 0 Å². The maximum Gasteiger partial charge on any atom is 0.339 e. The molecule has 1 aliphatic rings. The minimum absolute atomic E-state index is 0.0495. The molecule has 0 saturated carbocycles. The quantitative estimate of drug-likeness (QED) is 0.331. The van der Waals surface area contributed by atoms with E-state index in [-0.39, 0.29) is 22.2 Å². The first-order valence-electron chi connectivity index (χ1n) is 9.96. The van der Waals surface area contributed by atoms with Crippen LogP contribution in [0.5, 0.6) is 11.5 Å². The van der Waals surface area contributed by atoms with Crippen LogP contribution in [0.15, 0.2) is 83.6 Å². The second-order valence-corrected chi connectivity index (χ2v) is 9.11. The van der Waals surface area contributed by atoms with Gasteiger partial charge >= 0.3 is 10.1 Å². The third-order valence-corrected chi connectivity index (χ3v) is 6.73. The lowest BCUT2D eigenvalue weighted by atomic mass is 10.1. The number of ketones is 1. The molecule has 0 aliphatic carbocycles. The van der Waals surface area contributed by atoms with Crippen molar-refractivity contribution in [2.45, 2.75) is 11.8 Å². The number of carbonyl (C=O) groups excluding carboxylic acids is 1. The van der Waals surface area contributed by atoms with E-state index in [0.717, 1.165) is 16.5 Å². The Balaban J connectivity index is 1.50. The Morgan fingerprint density at radius 3 is 2.47 bits per heavy atom. The number of aryl methyl sites for hydroxylation is 1. The van der Waals surface area contributed by atoms with Crippen molar-refractivity contribution < 1.29 is 22.1 Å². The van der Waals surface area contributed by atoms with E-state index in [4.69, 9.17) is 8.92 Å². The molecule has 0 bridgehead atoms. The standard InChI is InChI=1S/C25H19NO5S/c1-16-22(31-32(28,29)18-8-4-3-5-9-18)13-12-20-24(27)23(30-25(16)20)14-17-15-26(2)21-11-7-6-10-19(17)21/h3-15H,1-2H3/b23-14+. The van der Waals surface area contributed by atoms with Gasteiger partial charge in [-0.2, -0.15) is 8.42 Å². The fraction of sp³-hybridized carbons (Fsp3) is 0.0800. The summed E-state index contributed by atoms with van der Waals surface area (Å²) in [5, 5.41) is 1.00. The monoisotopic (exact) mass is 445 g/mol. The highest BCUT2D eigenvalue weighted by Crippen LogP contribution is 2.40. The summed E-state index contributed by atoms with van der Waals surface area (Å²) in [7, 11) is -2.07. The molecule has 2 heterocycles. The SMILES string of the molecule is Cc1c(OS(=O)(=O)c2ccccc2)ccc2c1O/C(=C/c1cn(C)c3ccccc13)C2=O. The summed E-state index contributed by atoms with van der Waals surface area (Å²) in [4.78, 5) is 13.0. The van der Waals surface area contributed by atoms with Crippen LogP contribution in [0.2, 0.25) is 0 Å². The fourth-order valence-corrected chi connectivity index (χ4v) is 4.84. The van der Waals surface area contributed by atoms with Crippen LogP contribution in [0.1, 0.15) is 21.5 Å². The first-order chi connectivity index (χ1) is 15.3. The highest BCUT2D eigenvalue weighted by atomic mass is 32.2. The van der Waals surface area contributed by atoms with Crippen molar-refractivity contribution in [3.8, 4) is 11.5 Å². The summed E-state index contributed by atoms with van der Waals surface area (Å²) >= 11 is 0. The fourth-order valence-electron chi connectivity index (χ4n) is 3.84. The largest absolute Gasteiger partial charge is 0.452 e. The second kappa shape index (κ2) is 7.39. The van der Waals surface area contributed by atoms with Crippen molar-refractivity contribution >= 4 is 32.9 Å². The Bertz CT molecular complexity index is 1510. The molecule has 3 aromatic carbocycles. The van der Waals surface area contributed by atoms with E-state index in [1.807, 2.05) is 42.1 Å². The molecule has 0 N–H and O–H groups in total. The van der Waals surface area contributed by atoms with Crippen molar-refractivity contribution in [1.29, 1.82) is 0 Å². The van der Waals surface area contributed by atoms with Crippen LogP contribution in [-0.4, -0.2) is 18.8 Å². The molecular weight excluding hydrogens is 426 g/mol. The van der Waals surface area contributed by atoms with Gasteiger partial charge in [0, 0.05) is 35.3 Å². The first-order valence-corrected chi connectivity index (χ1v) is 11.4. The predicted octanol–water partition coefficient (Wildman–Crippen LogP) is 4.87. The van der Waals surface area contributed by atoms with Crippen LogP contribution in [0.4, 0.5) is 0 Å². The predicted molar refractivity (Wildman–Crippen MR) is 121 cm³/mol. The summed E-state index contributed by atoms with van der Waals surface area (Å²) in [6.07, 6.45) is 3.65. The minimum Gasteiger partial charge on any atom is -0.452 e. The summed E-state index contributed by atoms with van der Waals surface area (Å²) in [6.45, 7) is 1.67. The Morgan fingerprint density at radius 1 is 0.969 bits per heavy atom. The summed E-state index contributed by atoms with van der Waals surface area (Å²) in [6, 6.07) is 18.8. The maximum absolute atomic E-state index is 13.0. The number of nitrogens with zero attached hydrogens (tertiary/aromatic N) is 1. The van der Waals surface area contributed by atoms with Gasteiger partial charge in [0.1, 0.15) is 16.4 Å². The molecular formula is C25H19NO5S. The molecule has 7 heteroatoms. The van der Waals surface area contributed by atoms with Crippen molar-refractivity contribution in [3.63, 3.8) is 0 Å². The van der Waals surface area contributed by atoms with Crippen LogP contribution in [-0.2, 0) is 17.2 Å². The van der Waals surface area contributed by atoms with E-state index in [1.165, 1.54) is 24.3 Å². The number of allylic oxidation sites excluding steroid dienone is 1. The number of para-hydroxylation sites is 1. The third-order valence-electron chi connectivity index (χ3n) is 5.48. The third kappa shape index (κ3) is 3.27. The van der Waals surface area contributed by atoms with Crippen molar-refractivity contribution in [2.24, 2.45) is 7.05 Å². The van der Waals surface area contributed by atoms with Crippen molar-refractivity contribution in [3.05, 3.63) is 95.4 Å². The molecule has 0 radical (unpaired) electrons. The van der Waals surface area contributed by atoms with E-state index < -0.39 is 10.1 Å². The molecule has 5 rings (SSSR count). The Labute approximate surface area is 185 Å². The molecule has 1 aliphatic heterocycles. The molecule has 32 heavy (non-hydrogen) atoms. The van der Waals surface area contributed by atoms with Gasteiger partial charge in [0.25, 0.3) is 0 Å². The highest BCUT2D eigenvalue weighted by molar-refractivity contribution is 7.87. The number of fused-ring (bicyclic) bond motifs is 2. The average Bonchev–Trinajstić information content (AvgIpc) is 3.28. The van der Waals surface area contributed by atoms with Gasteiger partial charge in [0.15, 0.2) is 5.76 Å². The molecule has 4 aromatic rings. The summed E-state index contributed by atoms with van der Waals surface area (Å²) in [5.74, 6) is 0.352. The Kier molecular flexibility index (Phi) is 4.64. The van der Waals surface area contributed by atoms with Gasteiger partial charge in [-0.1, -0.05) is 36.4 Å². The lowest BCUT2D eigenvalue weighted by Crippen LogP contribution is -2.10. The summed E-state index contributed by atoms with van der Waals surface area (Å²) < 4.78 is 38.5. The smallest absolute Gasteiger partial charge is 0.339 e. The maximum atomic E-state index is 13.0. The molecule has 160 valence electrons. The van der Waals surface area contributed by atoms with E-state index in [2.05, 4.69) is 0 Å². The Morgan fingerprint density at radius 2 is 1.69 bits per heavy atom. The van der Waals surface area contributed by atoms with Crippen LogP contribution in [0.3, 0.4) is 0 Å². The van der Waals surface area contributed by atoms with Crippen LogP contribution in [0.25, 0.3) is 17.0 Å². The first kappa shape index (κ1) is 20.1. The topological polar surface area (TPSA) is 74.6 Å². The van der Waals surface area contributed by atoms with Crippen LogP contribution >= 0.6 is 0 Å². The molecule has 0 unspecified atom stereocenters. The number of aromatic nitrogens is 1. The number of hydrogen-bond donors (Lipinski definition) is 0. The number of carbonyl (C=O) groups is 1. The molecule has 0 atom stereocenters. The van der Waals surface area contributed by atoms with Gasteiger partial charge in [-0.05, 0) is 43.3 Å². The van der Waals surface area contributed by atoms with Crippen molar-refractivity contribution in [1.82, 2.24) is 4.57 Å². The van der Waals surface area contributed by atoms with E-state index >= 15 is 0 Å². The zero-order valence-corrected chi connectivity index (χ0v) is 18.2. The van der Waals surface area contributed by atoms with Crippen LogP contribution < -0.4 is 8.92 Å². The van der Waals surface area contributed by atoms with E-state index in [1.54, 1.807) is 31.2 Å². The number of hydrogen-bond acceptors (Lipinski definition) is 5. The highest BCUT2D eigenvalue weighted by Gasteiger charge is 2.31. The molecule has 0 spiro atoms. The zero-order chi connectivity index (χ0) is 22.5. The zero-order valence-electron chi connectivity index (χ0n) is 17.4. The lowest BCUT2D eigenvalue weighted by Gasteiger charge is -2.11. The molecule has 1 aromatic heterocycles. The molecule has 0 fully saturated rings.